The molecule has 8 nitrogen and oxygen atoms in total. The normalized spacial score (nSPS) is 12.7. The van der Waals surface area contributed by atoms with Crippen LogP contribution in [0.15, 0.2) is 63.3 Å². The van der Waals surface area contributed by atoms with Gasteiger partial charge in [-0.1, -0.05) is 19.9 Å². The molecule has 5 aromatic rings. The number of rotatable bonds is 9. The third-order valence-corrected chi connectivity index (χ3v) is 7.44. The van der Waals surface area contributed by atoms with E-state index in [9.17, 15) is 4.79 Å². The van der Waals surface area contributed by atoms with Gasteiger partial charge in [0.1, 0.15) is 12.3 Å². The molecule has 0 aliphatic rings. The second-order valence-electron chi connectivity index (χ2n) is 9.59. The summed E-state index contributed by atoms with van der Waals surface area (Å²) in [6.45, 7) is 10.1. The molecule has 0 unspecified atom stereocenters. The van der Waals surface area contributed by atoms with E-state index in [2.05, 4.69) is 76.7 Å². The number of benzene rings is 1. The molecule has 1 aromatic carbocycles. The lowest BCUT2D eigenvalue weighted by atomic mass is 10.00. The van der Waals surface area contributed by atoms with Crippen molar-refractivity contribution >= 4 is 22.2 Å². The molecule has 4 aromatic heterocycles. The van der Waals surface area contributed by atoms with E-state index in [1.54, 1.807) is 22.3 Å². The van der Waals surface area contributed by atoms with Crippen molar-refractivity contribution in [3.05, 3.63) is 97.6 Å². The zero-order chi connectivity index (χ0) is 25.2. The summed E-state index contributed by atoms with van der Waals surface area (Å²) >= 11 is 1.71. The van der Waals surface area contributed by atoms with Gasteiger partial charge < -0.3 is 9.40 Å². The van der Waals surface area contributed by atoms with Gasteiger partial charge in [-0.2, -0.15) is 0 Å². The van der Waals surface area contributed by atoms with Crippen molar-refractivity contribution in [2.45, 2.75) is 53.4 Å². The minimum absolute atomic E-state index is 0.0698. The molecule has 0 bridgehead atoms. The van der Waals surface area contributed by atoms with E-state index in [-0.39, 0.29) is 17.5 Å². The number of hydrogen-bond donors (Lipinski definition) is 1. The Morgan fingerprint density at radius 3 is 2.67 bits per heavy atom. The van der Waals surface area contributed by atoms with Gasteiger partial charge in [0.05, 0.1) is 12.3 Å². The zero-order valence-electron chi connectivity index (χ0n) is 20.9. The Labute approximate surface area is 213 Å². The first-order valence-electron chi connectivity index (χ1n) is 12.1. The summed E-state index contributed by atoms with van der Waals surface area (Å²) in [6.07, 6.45) is 1.65. The molecule has 186 valence electrons. The van der Waals surface area contributed by atoms with E-state index in [0.717, 1.165) is 33.6 Å². The lowest BCUT2D eigenvalue weighted by Crippen LogP contribution is -2.35. The number of tetrazole rings is 1. The van der Waals surface area contributed by atoms with Crippen molar-refractivity contribution in [2.75, 3.05) is 0 Å². The number of thiophene rings is 1. The summed E-state index contributed by atoms with van der Waals surface area (Å²) in [5, 5.41) is 15.8. The summed E-state index contributed by atoms with van der Waals surface area (Å²) in [6, 6.07) is 14.0. The smallest absolute Gasteiger partial charge is 0.252 e. The zero-order valence-corrected chi connectivity index (χ0v) is 21.7. The maximum absolute atomic E-state index is 13.2. The summed E-state index contributed by atoms with van der Waals surface area (Å²) in [5.74, 6) is 1.73. The fraction of sp³-hybridized carbons (Fsp3) is 0.333. The molecule has 5 rings (SSSR count). The molecule has 0 saturated carbocycles. The second-order valence-corrected chi connectivity index (χ2v) is 10.6. The minimum atomic E-state index is -0.119. The van der Waals surface area contributed by atoms with E-state index in [4.69, 9.17) is 4.42 Å². The number of H-pyrrole nitrogens is 1. The first-order chi connectivity index (χ1) is 17.4. The Morgan fingerprint density at radius 1 is 1.11 bits per heavy atom. The molecule has 0 radical (unpaired) electrons. The SMILES string of the molecule is Cc1cc2cc(CN(Cc3cccs3)[C@H](c3nnnn3Cc3ccco3)C(C)C)c(=O)[nH]c2cc1C. The van der Waals surface area contributed by atoms with Crippen molar-refractivity contribution in [3.8, 4) is 0 Å². The Kier molecular flexibility index (Phi) is 6.84. The fourth-order valence-electron chi connectivity index (χ4n) is 4.68. The van der Waals surface area contributed by atoms with Crippen LogP contribution in [0.2, 0.25) is 0 Å². The monoisotopic (exact) mass is 502 g/mol. The van der Waals surface area contributed by atoms with Gasteiger partial charge >= 0.3 is 0 Å². The van der Waals surface area contributed by atoms with Gasteiger partial charge in [0.2, 0.25) is 0 Å². The Morgan fingerprint density at radius 2 is 1.94 bits per heavy atom. The molecule has 4 heterocycles. The highest BCUT2D eigenvalue weighted by atomic mass is 32.1. The molecule has 0 spiro atoms. The Hall–Kier alpha value is -3.56. The molecule has 9 heteroatoms. The van der Waals surface area contributed by atoms with Gasteiger partial charge in [0.15, 0.2) is 5.82 Å². The lowest BCUT2D eigenvalue weighted by Gasteiger charge is -2.33. The van der Waals surface area contributed by atoms with Crippen LogP contribution in [0.1, 0.15) is 53.0 Å². The fourth-order valence-corrected chi connectivity index (χ4v) is 5.41. The van der Waals surface area contributed by atoms with Gasteiger partial charge in [-0.3, -0.25) is 9.69 Å². The van der Waals surface area contributed by atoms with Crippen LogP contribution in [0.5, 0.6) is 0 Å². The van der Waals surface area contributed by atoms with Crippen molar-refractivity contribution in [1.82, 2.24) is 30.1 Å². The number of aromatic amines is 1. The average molecular weight is 503 g/mol. The predicted octanol–water partition coefficient (Wildman–Crippen LogP) is 5.23. The molecule has 0 saturated heterocycles. The van der Waals surface area contributed by atoms with Crippen molar-refractivity contribution in [3.63, 3.8) is 0 Å². The van der Waals surface area contributed by atoms with Crippen LogP contribution in [0.4, 0.5) is 0 Å². The lowest BCUT2D eigenvalue weighted by molar-refractivity contribution is 0.127. The molecule has 1 atom stereocenters. The Bertz CT molecular complexity index is 1500. The van der Waals surface area contributed by atoms with E-state index in [0.29, 0.717) is 19.6 Å². The quantitative estimate of drug-likeness (QED) is 0.297. The third kappa shape index (κ3) is 5.03. The van der Waals surface area contributed by atoms with Crippen molar-refractivity contribution in [2.24, 2.45) is 5.92 Å². The van der Waals surface area contributed by atoms with E-state index >= 15 is 0 Å². The highest BCUT2D eigenvalue weighted by Crippen LogP contribution is 2.31. The number of furan rings is 1. The third-order valence-electron chi connectivity index (χ3n) is 6.58. The van der Waals surface area contributed by atoms with Gasteiger partial charge in [0, 0.05) is 29.0 Å². The van der Waals surface area contributed by atoms with E-state index < -0.39 is 0 Å². The summed E-state index contributed by atoms with van der Waals surface area (Å²) in [4.78, 5) is 19.8. The first kappa shape index (κ1) is 24.1. The molecular weight excluding hydrogens is 472 g/mol. The number of hydrogen-bond acceptors (Lipinski definition) is 7. The van der Waals surface area contributed by atoms with Gasteiger partial charge in [-0.05, 0) is 88.5 Å². The molecular formula is C27H30N6O2S. The van der Waals surface area contributed by atoms with Crippen LogP contribution in [0.25, 0.3) is 10.9 Å². The number of aromatic nitrogens is 5. The second kappa shape index (κ2) is 10.2. The molecule has 0 aliphatic carbocycles. The summed E-state index contributed by atoms with van der Waals surface area (Å²) in [5.41, 5.74) is 3.87. The first-order valence-corrected chi connectivity index (χ1v) is 12.9. The summed E-state index contributed by atoms with van der Waals surface area (Å²) < 4.78 is 7.34. The van der Waals surface area contributed by atoms with Gasteiger partial charge in [0.25, 0.3) is 5.56 Å². The van der Waals surface area contributed by atoms with Crippen LogP contribution in [0, 0.1) is 19.8 Å². The number of nitrogens with zero attached hydrogens (tertiary/aromatic N) is 5. The highest BCUT2D eigenvalue weighted by molar-refractivity contribution is 7.09. The van der Waals surface area contributed by atoms with Gasteiger partial charge in [-0.15, -0.1) is 16.4 Å². The van der Waals surface area contributed by atoms with Crippen LogP contribution in [-0.4, -0.2) is 30.1 Å². The standard InChI is InChI=1S/C27H30N6O2S/c1-17(2)25(26-29-30-31-33(26)15-22-7-5-9-35-22)32(16-23-8-6-10-36-23)14-21-13-20-11-18(3)19(4)12-24(20)28-27(21)34/h5-13,17,25H,14-16H2,1-4H3,(H,28,34)/t25-/m0/s1. The number of nitrogens with one attached hydrogen (secondary N) is 1. The van der Waals surface area contributed by atoms with Crippen LogP contribution >= 0.6 is 11.3 Å². The number of pyridine rings is 1. The minimum Gasteiger partial charge on any atom is -0.467 e. The van der Waals surface area contributed by atoms with Crippen molar-refractivity contribution in [1.29, 1.82) is 0 Å². The number of aryl methyl sites for hydroxylation is 2. The molecule has 0 aliphatic heterocycles. The molecule has 0 amide bonds. The number of fused-ring (bicyclic) bond motifs is 1. The Balaban J connectivity index is 1.55. The largest absolute Gasteiger partial charge is 0.467 e. The highest BCUT2D eigenvalue weighted by Gasteiger charge is 2.30. The molecule has 36 heavy (non-hydrogen) atoms. The molecule has 1 N–H and O–H groups in total. The summed E-state index contributed by atoms with van der Waals surface area (Å²) in [7, 11) is 0. The molecule has 0 fully saturated rings. The average Bonchev–Trinajstić information content (AvgIpc) is 3.61. The van der Waals surface area contributed by atoms with Crippen molar-refractivity contribution < 1.29 is 4.42 Å². The van der Waals surface area contributed by atoms with Crippen LogP contribution in [0.3, 0.4) is 0 Å². The van der Waals surface area contributed by atoms with Crippen LogP contribution in [-0.2, 0) is 19.6 Å². The maximum Gasteiger partial charge on any atom is 0.252 e. The predicted molar refractivity (Wildman–Crippen MR) is 141 cm³/mol. The topological polar surface area (TPSA) is 92.8 Å². The van der Waals surface area contributed by atoms with E-state index in [1.165, 1.54) is 10.4 Å². The van der Waals surface area contributed by atoms with Crippen LogP contribution < -0.4 is 5.56 Å². The maximum atomic E-state index is 13.2. The van der Waals surface area contributed by atoms with Gasteiger partial charge in [-0.25, -0.2) is 4.68 Å². The van der Waals surface area contributed by atoms with E-state index in [1.807, 2.05) is 24.3 Å².